The van der Waals surface area contributed by atoms with E-state index < -0.39 is 0 Å². The highest BCUT2D eigenvalue weighted by Crippen LogP contribution is 2.39. The monoisotopic (exact) mass is 197 g/mol. The predicted molar refractivity (Wildman–Crippen MR) is 63.4 cm³/mol. The molecule has 2 rings (SSSR count). The lowest BCUT2D eigenvalue weighted by molar-refractivity contribution is 0.317. The van der Waals surface area contributed by atoms with Crippen LogP contribution in [0.15, 0.2) is 0 Å². The Kier molecular flexibility index (Phi) is 4.94. The molecule has 0 bridgehead atoms. The van der Waals surface area contributed by atoms with Crippen molar-refractivity contribution in [2.75, 3.05) is 6.54 Å². The van der Waals surface area contributed by atoms with Gasteiger partial charge in [0, 0.05) is 6.04 Å². The number of hydrogen-bond acceptors (Lipinski definition) is 1. The molecule has 1 aliphatic heterocycles. The molecule has 0 aromatic heterocycles. The molecular formula is C13H27N. The molecule has 1 saturated carbocycles. The standard InChI is InChI=1S/C11H21N.C2H6/c1-8(2)10-6-9-4-3-5-12-11(9)7-10;1-2/h8-12H,3-7H2,1-2H3;1-2H3. The van der Waals surface area contributed by atoms with E-state index in [0.717, 1.165) is 23.8 Å². The highest BCUT2D eigenvalue weighted by Gasteiger charge is 2.36. The van der Waals surface area contributed by atoms with Crippen molar-refractivity contribution < 1.29 is 0 Å². The molecule has 0 aromatic carbocycles. The second-order valence-corrected chi connectivity index (χ2v) is 4.94. The summed E-state index contributed by atoms with van der Waals surface area (Å²) in [7, 11) is 0. The normalized spacial score (nSPS) is 36.2. The Bertz CT molecular complexity index is 139. The quantitative estimate of drug-likeness (QED) is 0.679. The van der Waals surface area contributed by atoms with Gasteiger partial charge in [-0.05, 0) is 50.0 Å². The van der Waals surface area contributed by atoms with Gasteiger partial charge >= 0.3 is 0 Å². The van der Waals surface area contributed by atoms with Gasteiger partial charge in [-0.15, -0.1) is 0 Å². The molecule has 0 radical (unpaired) electrons. The largest absolute Gasteiger partial charge is 0.314 e. The molecule has 1 N–H and O–H groups in total. The Morgan fingerprint density at radius 3 is 2.43 bits per heavy atom. The molecule has 1 aliphatic carbocycles. The van der Waals surface area contributed by atoms with Gasteiger partial charge in [-0.25, -0.2) is 0 Å². The van der Waals surface area contributed by atoms with Crippen LogP contribution in [0, 0.1) is 17.8 Å². The fraction of sp³-hybridized carbons (Fsp3) is 1.00. The van der Waals surface area contributed by atoms with Crippen LogP contribution in [0.3, 0.4) is 0 Å². The SMILES string of the molecule is CC.CC(C)C1CC2CCCNC2C1. The third kappa shape index (κ3) is 2.73. The second-order valence-electron chi connectivity index (χ2n) is 4.94. The highest BCUT2D eigenvalue weighted by molar-refractivity contribution is 4.91. The summed E-state index contributed by atoms with van der Waals surface area (Å²) in [6.45, 7) is 10.0. The van der Waals surface area contributed by atoms with Crippen molar-refractivity contribution in [3.63, 3.8) is 0 Å². The Balaban J connectivity index is 0.000000461. The molecule has 0 aromatic rings. The number of nitrogens with one attached hydrogen (secondary N) is 1. The van der Waals surface area contributed by atoms with Crippen molar-refractivity contribution in [2.24, 2.45) is 17.8 Å². The number of rotatable bonds is 1. The van der Waals surface area contributed by atoms with E-state index in [1.165, 1.54) is 32.2 Å². The van der Waals surface area contributed by atoms with E-state index in [9.17, 15) is 0 Å². The Morgan fingerprint density at radius 2 is 1.86 bits per heavy atom. The van der Waals surface area contributed by atoms with E-state index in [1.807, 2.05) is 13.8 Å². The fourth-order valence-corrected chi connectivity index (χ4v) is 2.93. The number of piperidine rings is 1. The van der Waals surface area contributed by atoms with E-state index in [2.05, 4.69) is 19.2 Å². The molecular weight excluding hydrogens is 170 g/mol. The van der Waals surface area contributed by atoms with Crippen LogP contribution < -0.4 is 5.32 Å². The van der Waals surface area contributed by atoms with Gasteiger partial charge in [-0.3, -0.25) is 0 Å². The molecule has 2 aliphatic rings. The van der Waals surface area contributed by atoms with Gasteiger partial charge < -0.3 is 5.32 Å². The van der Waals surface area contributed by atoms with Crippen LogP contribution in [0.4, 0.5) is 0 Å². The summed E-state index contributed by atoms with van der Waals surface area (Å²) in [6.07, 6.45) is 5.84. The molecule has 84 valence electrons. The fourth-order valence-electron chi connectivity index (χ4n) is 2.93. The van der Waals surface area contributed by atoms with Crippen molar-refractivity contribution >= 4 is 0 Å². The maximum absolute atomic E-state index is 3.67. The Labute approximate surface area is 89.7 Å². The van der Waals surface area contributed by atoms with Crippen LogP contribution in [-0.2, 0) is 0 Å². The van der Waals surface area contributed by atoms with Gasteiger partial charge in [0.05, 0.1) is 0 Å². The van der Waals surface area contributed by atoms with Crippen molar-refractivity contribution in [1.29, 1.82) is 0 Å². The lowest BCUT2D eigenvalue weighted by Crippen LogP contribution is -2.37. The number of hydrogen-bond donors (Lipinski definition) is 1. The van der Waals surface area contributed by atoms with E-state index in [1.54, 1.807) is 0 Å². The van der Waals surface area contributed by atoms with Gasteiger partial charge in [0.2, 0.25) is 0 Å². The summed E-state index contributed by atoms with van der Waals surface area (Å²) >= 11 is 0. The van der Waals surface area contributed by atoms with Gasteiger partial charge in [0.25, 0.3) is 0 Å². The zero-order valence-electron chi connectivity index (χ0n) is 10.3. The third-order valence-corrected chi connectivity index (χ3v) is 3.83. The van der Waals surface area contributed by atoms with E-state index in [0.29, 0.717) is 0 Å². The first-order chi connectivity index (χ1) is 6.77. The van der Waals surface area contributed by atoms with E-state index in [-0.39, 0.29) is 0 Å². The topological polar surface area (TPSA) is 12.0 Å². The van der Waals surface area contributed by atoms with Crippen LogP contribution in [-0.4, -0.2) is 12.6 Å². The average Bonchev–Trinajstić information content (AvgIpc) is 2.64. The second kappa shape index (κ2) is 5.75. The molecule has 3 atom stereocenters. The predicted octanol–water partition coefficient (Wildman–Crippen LogP) is 3.45. The van der Waals surface area contributed by atoms with Crippen LogP contribution >= 0.6 is 0 Å². The molecule has 14 heavy (non-hydrogen) atoms. The molecule has 1 heterocycles. The summed E-state index contributed by atoms with van der Waals surface area (Å²) in [5.41, 5.74) is 0. The Hall–Kier alpha value is -0.0400. The van der Waals surface area contributed by atoms with Crippen LogP contribution in [0.25, 0.3) is 0 Å². The van der Waals surface area contributed by atoms with Crippen molar-refractivity contribution in [2.45, 2.75) is 59.4 Å². The summed E-state index contributed by atoms with van der Waals surface area (Å²) in [4.78, 5) is 0. The average molecular weight is 197 g/mol. The molecule has 1 heteroatoms. The van der Waals surface area contributed by atoms with Crippen molar-refractivity contribution in [1.82, 2.24) is 5.32 Å². The van der Waals surface area contributed by atoms with Gasteiger partial charge in [-0.1, -0.05) is 27.7 Å². The third-order valence-electron chi connectivity index (χ3n) is 3.83. The van der Waals surface area contributed by atoms with Crippen molar-refractivity contribution in [3.05, 3.63) is 0 Å². The minimum Gasteiger partial charge on any atom is -0.314 e. The van der Waals surface area contributed by atoms with Gasteiger partial charge in [0.1, 0.15) is 0 Å². The number of fused-ring (bicyclic) bond motifs is 1. The Morgan fingerprint density at radius 1 is 1.14 bits per heavy atom. The summed E-state index contributed by atoms with van der Waals surface area (Å²) < 4.78 is 0. The maximum atomic E-state index is 3.67. The maximum Gasteiger partial charge on any atom is 0.00981 e. The molecule has 1 nitrogen and oxygen atoms in total. The molecule has 2 fully saturated rings. The van der Waals surface area contributed by atoms with Gasteiger partial charge in [0.15, 0.2) is 0 Å². The molecule has 3 unspecified atom stereocenters. The molecule has 1 saturated heterocycles. The lowest BCUT2D eigenvalue weighted by Gasteiger charge is -2.26. The first-order valence-corrected chi connectivity index (χ1v) is 6.50. The van der Waals surface area contributed by atoms with Crippen LogP contribution in [0.5, 0.6) is 0 Å². The van der Waals surface area contributed by atoms with E-state index in [4.69, 9.17) is 0 Å². The first kappa shape index (κ1) is 12.0. The minimum absolute atomic E-state index is 0.881. The smallest absolute Gasteiger partial charge is 0.00981 e. The zero-order chi connectivity index (χ0) is 10.6. The highest BCUT2D eigenvalue weighted by atomic mass is 14.9. The van der Waals surface area contributed by atoms with Crippen molar-refractivity contribution in [3.8, 4) is 0 Å². The van der Waals surface area contributed by atoms with E-state index >= 15 is 0 Å². The minimum atomic E-state index is 0.881. The summed E-state index contributed by atoms with van der Waals surface area (Å²) in [6, 6.07) is 0.881. The molecule has 0 amide bonds. The van der Waals surface area contributed by atoms with Crippen LogP contribution in [0.1, 0.15) is 53.4 Å². The first-order valence-electron chi connectivity index (χ1n) is 6.50. The summed E-state index contributed by atoms with van der Waals surface area (Å²) in [5.74, 6) is 2.93. The van der Waals surface area contributed by atoms with Gasteiger partial charge in [-0.2, -0.15) is 0 Å². The summed E-state index contributed by atoms with van der Waals surface area (Å²) in [5, 5.41) is 3.67. The lowest BCUT2D eigenvalue weighted by atomic mass is 9.91. The molecule has 0 spiro atoms. The zero-order valence-corrected chi connectivity index (χ0v) is 10.3. The van der Waals surface area contributed by atoms with Crippen LogP contribution in [0.2, 0.25) is 0 Å².